The topological polar surface area (TPSA) is 40.7 Å². The third-order valence-electron chi connectivity index (χ3n) is 2.12. The molecule has 14 heavy (non-hydrogen) atoms. The van der Waals surface area contributed by atoms with Gasteiger partial charge in [0.25, 0.3) is 0 Å². The van der Waals surface area contributed by atoms with Gasteiger partial charge in [0, 0.05) is 11.8 Å². The first-order valence-electron chi connectivity index (χ1n) is 4.60. The summed E-state index contributed by atoms with van der Waals surface area (Å²) in [5.74, 6) is 0.928. The number of aromatic amines is 1. The van der Waals surface area contributed by atoms with E-state index in [0.29, 0.717) is 0 Å². The zero-order valence-corrected chi connectivity index (χ0v) is 8.33. The molecule has 0 unspecified atom stereocenters. The van der Waals surface area contributed by atoms with Gasteiger partial charge in [-0.15, -0.1) is 0 Å². The van der Waals surface area contributed by atoms with Crippen molar-refractivity contribution < 1.29 is 0 Å². The molecule has 0 aliphatic carbocycles. The molecule has 0 saturated carbocycles. The van der Waals surface area contributed by atoms with Crippen LogP contribution in [0, 0.1) is 13.8 Å². The first-order chi connectivity index (χ1) is 6.75. The van der Waals surface area contributed by atoms with Crippen molar-refractivity contribution in [2.75, 3.05) is 5.32 Å². The summed E-state index contributed by atoms with van der Waals surface area (Å²) in [4.78, 5) is 0. The number of para-hydroxylation sites is 1. The van der Waals surface area contributed by atoms with Gasteiger partial charge in [-0.1, -0.05) is 18.2 Å². The van der Waals surface area contributed by atoms with Gasteiger partial charge < -0.3 is 5.32 Å². The van der Waals surface area contributed by atoms with Crippen molar-refractivity contribution in [2.45, 2.75) is 13.8 Å². The van der Waals surface area contributed by atoms with Crippen LogP contribution in [-0.4, -0.2) is 10.2 Å². The van der Waals surface area contributed by atoms with Crippen LogP contribution in [0.4, 0.5) is 11.5 Å². The Hall–Kier alpha value is -1.77. The number of nitrogens with zero attached hydrogens (tertiary/aromatic N) is 1. The molecule has 2 N–H and O–H groups in total. The Morgan fingerprint density at radius 1 is 1.21 bits per heavy atom. The monoisotopic (exact) mass is 187 g/mol. The highest BCUT2D eigenvalue weighted by molar-refractivity contribution is 5.59. The number of anilines is 2. The highest BCUT2D eigenvalue weighted by Gasteiger charge is 1.99. The van der Waals surface area contributed by atoms with E-state index in [2.05, 4.69) is 28.5 Å². The summed E-state index contributed by atoms with van der Waals surface area (Å²) in [5.41, 5.74) is 3.32. The standard InChI is InChI=1S/C11H13N3/c1-8-5-3-4-6-10(8)12-11-7-9(2)13-14-11/h3-7H,1-2H3,(H2,12,13,14). The van der Waals surface area contributed by atoms with Crippen molar-refractivity contribution in [3.8, 4) is 0 Å². The number of rotatable bonds is 2. The minimum absolute atomic E-state index is 0.928. The summed E-state index contributed by atoms with van der Waals surface area (Å²) in [6, 6.07) is 10.1. The van der Waals surface area contributed by atoms with Gasteiger partial charge in [0.2, 0.25) is 0 Å². The van der Waals surface area contributed by atoms with E-state index in [-0.39, 0.29) is 0 Å². The van der Waals surface area contributed by atoms with Crippen molar-refractivity contribution in [1.29, 1.82) is 0 Å². The average Bonchev–Trinajstić information content (AvgIpc) is 2.56. The summed E-state index contributed by atoms with van der Waals surface area (Å²) in [6.45, 7) is 4.03. The lowest BCUT2D eigenvalue weighted by atomic mass is 10.2. The van der Waals surface area contributed by atoms with Gasteiger partial charge in [-0.25, -0.2) is 0 Å². The summed E-state index contributed by atoms with van der Waals surface area (Å²) in [6.07, 6.45) is 0. The van der Waals surface area contributed by atoms with Gasteiger partial charge in [0.15, 0.2) is 0 Å². The minimum Gasteiger partial charge on any atom is -0.340 e. The molecule has 0 spiro atoms. The maximum absolute atomic E-state index is 4.05. The summed E-state index contributed by atoms with van der Waals surface area (Å²) >= 11 is 0. The molecule has 3 heteroatoms. The molecular formula is C11H13N3. The Bertz CT molecular complexity index is 432. The Balaban J connectivity index is 2.23. The van der Waals surface area contributed by atoms with E-state index < -0.39 is 0 Å². The molecule has 0 radical (unpaired) electrons. The van der Waals surface area contributed by atoms with Gasteiger partial charge in [-0.3, -0.25) is 5.10 Å². The number of benzene rings is 1. The number of aromatic nitrogens is 2. The molecule has 1 aromatic carbocycles. The second kappa shape index (κ2) is 3.54. The number of nitrogens with one attached hydrogen (secondary N) is 2. The van der Waals surface area contributed by atoms with Crippen LogP contribution in [0.5, 0.6) is 0 Å². The van der Waals surface area contributed by atoms with E-state index in [4.69, 9.17) is 0 Å². The highest BCUT2D eigenvalue weighted by Crippen LogP contribution is 2.18. The van der Waals surface area contributed by atoms with Crippen LogP contribution in [0.1, 0.15) is 11.3 Å². The SMILES string of the molecule is Cc1cc(Nc2ccccc2C)[nH]n1. The number of H-pyrrole nitrogens is 1. The highest BCUT2D eigenvalue weighted by atomic mass is 15.2. The van der Waals surface area contributed by atoms with Crippen LogP contribution in [0.15, 0.2) is 30.3 Å². The van der Waals surface area contributed by atoms with Gasteiger partial charge >= 0.3 is 0 Å². The lowest BCUT2D eigenvalue weighted by molar-refractivity contribution is 1.05. The Labute approximate surface area is 83.2 Å². The summed E-state index contributed by atoms with van der Waals surface area (Å²) in [7, 11) is 0. The molecule has 2 aromatic rings. The van der Waals surface area contributed by atoms with Crippen molar-refractivity contribution in [3.63, 3.8) is 0 Å². The molecule has 1 aromatic heterocycles. The van der Waals surface area contributed by atoms with E-state index in [9.17, 15) is 0 Å². The molecule has 0 fully saturated rings. The molecule has 72 valence electrons. The molecule has 0 amide bonds. The average molecular weight is 187 g/mol. The van der Waals surface area contributed by atoms with Crippen LogP contribution < -0.4 is 5.32 Å². The lowest BCUT2D eigenvalue weighted by Gasteiger charge is -2.05. The van der Waals surface area contributed by atoms with Crippen LogP contribution in [-0.2, 0) is 0 Å². The first-order valence-corrected chi connectivity index (χ1v) is 4.60. The van der Waals surface area contributed by atoms with Crippen LogP contribution in [0.2, 0.25) is 0 Å². The molecule has 0 aliphatic heterocycles. The Kier molecular flexibility index (Phi) is 2.23. The van der Waals surface area contributed by atoms with E-state index in [0.717, 1.165) is 17.2 Å². The number of hydrogen-bond donors (Lipinski definition) is 2. The second-order valence-corrected chi connectivity index (χ2v) is 3.36. The van der Waals surface area contributed by atoms with Crippen molar-refractivity contribution in [3.05, 3.63) is 41.6 Å². The maximum atomic E-state index is 4.05. The maximum Gasteiger partial charge on any atom is 0.126 e. The van der Waals surface area contributed by atoms with Crippen LogP contribution in [0.25, 0.3) is 0 Å². The first kappa shape index (κ1) is 8.81. The van der Waals surface area contributed by atoms with Crippen LogP contribution in [0.3, 0.4) is 0 Å². The zero-order valence-electron chi connectivity index (χ0n) is 8.33. The quantitative estimate of drug-likeness (QED) is 0.759. The Morgan fingerprint density at radius 2 is 2.00 bits per heavy atom. The molecule has 0 saturated heterocycles. The molecule has 0 atom stereocenters. The Morgan fingerprint density at radius 3 is 2.64 bits per heavy atom. The summed E-state index contributed by atoms with van der Waals surface area (Å²) < 4.78 is 0. The lowest BCUT2D eigenvalue weighted by Crippen LogP contribution is -1.92. The minimum atomic E-state index is 0.928. The van der Waals surface area contributed by atoms with E-state index in [1.807, 2.05) is 31.2 Å². The third kappa shape index (κ3) is 1.76. The molecule has 3 nitrogen and oxygen atoms in total. The fourth-order valence-corrected chi connectivity index (χ4v) is 1.34. The van der Waals surface area contributed by atoms with Gasteiger partial charge in [0.05, 0.1) is 5.69 Å². The normalized spacial score (nSPS) is 10.1. The largest absolute Gasteiger partial charge is 0.340 e. The number of hydrogen-bond acceptors (Lipinski definition) is 2. The molecular weight excluding hydrogens is 174 g/mol. The van der Waals surface area contributed by atoms with Crippen molar-refractivity contribution in [2.24, 2.45) is 0 Å². The predicted octanol–water partition coefficient (Wildman–Crippen LogP) is 2.77. The predicted molar refractivity (Wildman–Crippen MR) is 57.8 cm³/mol. The molecule has 2 rings (SSSR count). The van der Waals surface area contributed by atoms with E-state index in [1.54, 1.807) is 0 Å². The van der Waals surface area contributed by atoms with Crippen molar-refractivity contribution >= 4 is 11.5 Å². The van der Waals surface area contributed by atoms with Crippen molar-refractivity contribution in [1.82, 2.24) is 10.2 Å². The third-order valence-corrected chi connectivity index (χ3v) is 2.12. The van der Waals surface area contributed by atoms with Gasteiger partial charge in [-0.05, 0) is 25.5 Å². The fourth-order valence-electron chi connectivity index (χ4n) is 1.34. The number of aryl methyl sites for hydroxylation is 2. The summed E-state index contributed by atoms with van der Waals surface area (Å²) in [5, 5.41) is 10.2. The van der Waals surface area contributed by atoms with Gasteiger partial charge in [-0.2, -0.15) is 5.10 Å². The smallest absolute Gasteiger partial charge is 0.126 e. The second-order valence-electron chi connectivity index (χ2n) is 3.36. The van der Waals surface area contributed by atoms with Crippen LogP contribution >= 0.6 is 0 Å². The molecule has 0 bridgehead atoms. The van der Waals surface area contributed by atoms with E-state index >= 15 is 0 Å². The zero-order chi connectivity index (χ0) is 9.97. The van der Waals surface area contributed by atoms with Gasteiger partial charge in [0.1, 0.15) is 5.82 Å². The molecule has 0 aliphatic rings. The van der Waals surface area contributed by atoms with E-state index in [1.165, 1.54) is 5.56 Å². The molecule has 1 heterocycles. The fraction of sp³-hybridized carbons (Fsp3) is 0.182.